The number of rotatable bonds is 8. The molecule has 3 aromatic heterocycles. The number of hydrogen-bond acceptors (Lipinski definition) is 10. The first-order chi connectivity index (χ1) is 16.7. The Bertz CT molecular complexity index is 1470. The van der Waals surface area contributed by atoms with E-state index in [1.54, 1.807) is 6.07 Å². The Labute approximate surface area is 202 Å². The number of primary amides is 1. The monoisotopic (exact) mass is 521 g/mol. The van der Waals surface area contributed by atoms with Crippen molar-refractivity contribution in [1.82, 2.24) is 29.9 Å². The molecule has 1 aromatic carbocycles. The lowest BCUT2D eigenvalue weighted by molar-refractivity contribution is -0.119. The molecule has 16 heteroatoms. The van der Waals surface area contributed by atoms with E-state index in [1.807, 2.05) is 0 Å². The predicted octanol–water partition coefficient (Wildman–Crippen LogP) is 1.90. The summed E-state index contributed by atoms with van der Waals surface area (Å²) in [7, 11) is 1.39. The van der Waals surface area contributed by atoms with Gasteiger partial charge < -0.3 is 15.0 Å². The standard InChI is InChI=1S/C19H16F2N8O4S2/c1-33-17-23-5-2-12(25-17)10-6-9(29(35(31)32)19(3-4-19)16(22)30)7-13-11(10)8-24-28(13)18-27-26-15(34-18)14(20)21/h2,5-8,14H,3-4H2,1H3,(H2,22,30)(H,31,32)/p-1. The van der Waals surface area contributed by atoms with Crippen molar-refractivity contribution in [3.8, 4) is 22.4 Å². The highest BCUT2D eigenvalue weighted by molar-refractivity contribution is 7.80. The van der Waals surface area contributed by atoms with Crippen LogP contribution in [0, 0.1) is 0 Å². The van der Waals surface area contributed by atoms with Crippen molar-refractivity contribution in [1.29, 1.82) is 0 Å². The Balaban J connectivity index is 1.77. The summed E-state index contributed by atoms with van der Waals surface area (Å²) in [5.41, 5.74) is 5.37. The lowest BCUT2D eigenvalue weighted by atomic mass is 10.0. The second-order valence-electron chi connectivity index (χ2n) is 7.54. The molecule has 1 saturated carbocycles. The smallest absolute Gasteiger partial charge is 0.316 e. The molecule has 1 atom stereocenters. The van der Waals surface area contributed by atoms with Crippen LogP contribution in [-0.4, -0.2) is 57.3 Å². The number of halogens is 2. The predicted molar refractivity (Wildman–Crippen MR) is 120 cm³/mol. The van der Waals surface area contributed by atoms with E-state index in [0.717, 1.165) is 4.31 Å². The van der Waals surface area contributed by atoms with E-state index in [9.17, 15) is 22.3 Å². The van der Waals surface area contributed by atoms with Gasteiger partial charge in [0.2, 0.25) is 11.0 Å². The summed E-state index contributed by atoms with van der Waals surface area (Å²) in [6.45, 7) is 0. The Morgan fingerprint density at radius 3 is 2.74 bits per heavy atom. The van der Waals surface area contributed by atoms with Crippen LogP contribution in [0.2, 0.25) is 0 Å². The maximum absolute atomic E-state index is 13.1. The lowest BCUT2D eigenvalue weighted by Crippen LogP contribution is -2.48. The van der Waals surface area contributed by atoms with Gasteiger partial charge in [0, 0.05) is 28.4 Å². The maximum Gasteiger partial charge on any atom is 0.316 e. The molecule has 0 radical (unpaired) electrons. The molecular formula is C19H15F2N8O4S2-. The number of methoxy groups -OCH3 is 1. The maximum atomic E-state index is 13.1. The van der Waals surface area contributed by atoms with Gasteiger partial charge in [0.15, 0.2) is 5.01 Å². The number of anilines is 1. The zero-order valence-corrected chi connectivity index (χ0v) is 19.4. The van der Waals surface area contributed by atoms with Crippen LogP contribution in [0.3, 0.4) is 0 Å². The fourth-order valence-electron chi connectivity index (χ4n) is 3.73. The van der Waals surface area contributed by atoms with E-state index in [-0.39, 0.29) is 29.7 Å². The van der Waals surface area contributed by atoms with Crippen molar-refractivity contribution in [3.63, 3.8) is 0 Å². The van der Waals surface area contributed by atoms with Gasteiger partial charge in [-0.1, -0.05) is 11.3 Å². The van der Waals surface area contributed by atoms with Crippen LogP contribution in [0.4, 0.5) is 14.5 Å². The van der Waals surface area contributed by atoms with Crippen LogP contribution in [-0.2, 0) is 16.1 Å². The SMILES string of the molecule is COc1nccc(-c2cc(N(S(=O)[O-])C3(C(N)=O)CC3)cc3c2cnn3-c2nnc(C(F)F)s2)n1. The largest absolute Gasteiger partial charge is 0.755 e. The van der Waals surface area contributed by atoms with Gasteiger partial charge in [-0.25, -0.2) is 18.4 Å². The fourth-order valence-corrected chi connectivity index (χ4v) is 5.23. The highest BCUT2D eigenvalue weighted by atomic mass is 32.2. The van der Waals surface area contributed by atoms with Gasteiger partial charge in [-0.3, -0.25) is 13.3 Å². The van der Waals surface area contributed by atoms with Gasteiger partial charge >= 0.3 is 6.01 Å². The third-order valence-electron chi connectivity index (χ3n) is 5.52. The van der Waals surface area contributed by atoms with Crippen LogP contribution >= 0.6 is 11.3 Å². The van der Waals surface area contributed by atoms with Crippen molar-refractivity contribution < 1.29 is 27.1 Å². The number of benzene rings is 1. The Morgan fingerprint density at radius 2 is 2.14 bits per heavy atom. The number of carbonyl (C=O) groups excluding carboxylic acids is 1. The Morgan fingerprint density at radius 1 is 1.37 bits per heavy atom. The molecule has 3 heterocycles. The molecular weight excluding hydrogens is 506 g/mol. The lowest BCUT2D eigenvalue weighted by Gasteiger charge is -2.33. The van der Waals surface area contributed by atoms with Crippen molar-refractivity contribution in [2.75, 3.05) is 11.4 Å². The molecule has 5 rings (SSSR count). The Hall–Kier alpha value is -3.63. The van der Waals surface area contributed by atoms with Crippen molar-refractivity contribution in [3.05, 3.63) is 35.6 Å². The number of aromatic nitrogens is 6. The molecule has 0 aliphatic heterocycles. The molecule has 4 aromatic rings. The molecule has 1 aliphatic carbocycles. The molecule has 35 heavy (non-hydrogen) atoms. The summed E-state index contributed by atoms with van der Waals surface area (Å²) in [4.78, 5) is 20.5. The van der Waals surface area contributed by atoms with E-state index < -0.39 is 34.1 Å². The molecule has 1 aliphatic rings. The van der Waals surface area contributed by atoms with Crippen LogP contribution < -0.4 is 14.8 Å². The number of ether oxygens (including phenoxy) is 1. The average Bonchev–Trinajstić information content (AvgIpc) is 3.27. The minimum Gasteiger partial charge on any atom is -0.755 e. The quantitative estimate of drug-likeness (QED) is 0.341. The molecule has 12 nitrogen and oxygen atoms in total. The molecule has 0 bridgehead atoms. The summed E-state index contributed by atoms with van der Waals surface area (Å²) in [5.74, 6) is -0.786. The zero-order chi connectivity index (χ0) is 24.9. The van der Waals surface area contributed by atoms with E-state index in [1.165, 1.54) is 36.3 Å². The van der Waals surface area contributed by atoms with E-state index >= 15 is 0 Å². The molecule has 182 valence electrons. The van der Waals surface area contributed by atoms with Gasteiger partial charge in [-0.15, -0.1) is 10.2 Å². The fraction of sp³-hybridized carbons (Fsp3) is 0.263. The number of nitrogens with two attached hydrogens (primary N) is 1. The van der Waals surface area contributed by atoms with Gasteiger partial charge in [-0.05, 0) is 31.0 Å². The van der Waals surface area contributed by atoms with E-state index in [0.29, 0.717) is 33.5 Å². The van der Waals surface area contributed by atoms with E-state index in [2.05, 4.69) is 25.3 Å². The normalized spacial score (nSPS) is 15.3. The molecule has 2 N–H and O–H groups in total. The zero-order valence-electron chi connectivity index (χ0n) is 17.8. The van der Waals surface area contributed by atoms with E-state index in [4.69, 9.17) is 10.5 Å². The van der Waals surface area contributed by atoms with Gasteiger partial charge in [0.25, 0.3) is 6.43 Å². The summed E-state index contributed by atoms with van der Waals surface area (Å²) in [5, 5.41) is 11.6. The molecule has 1 amide bonds. The van der Waals surface area contributed by atoms with Crippen LogP contribution in [0.5, 0.6) is 6.01 Å². The molecule has 1 fully saturated rings. The number of fused-ring (bicyclic) bond motifs is 1. The number of carbonyl (C=O) groups is 1. The summed E-state index contributed by atoms with van der Waals surface area (Å²) in [6, 6.07) is 4.64. The number of amides is 1. The highest BCUT2D eigenvalue weighted by Crippen LogP contribution is 2.46. The highest BCUT2D eigenvalue weighted by Gasteiger charge is 2.55. The number of alkyl halides is 2. The average molecular weight is 522 g/mol. The van der Waals surface area contributed by atoms with Crippen molar-refractivity contribution in [2.45, 2.75) is 24.8 Å². The first-order valence-corrected chi connectivity index (χ1v) is 11.8. The number of nitrogens with zero attached hydrogens (tertiary/aromatic N) is 7. The van der Waals surface area contributed by atoms with Crippen LogP contribution in [0.1, 0.15) is 24.3 Å². The van der Waals surface area contributed by atoms with Gasteiger partial charge in [0.1, 0.15) is 5.54 Å². The second-order valence-corrected chi connectivity index (χ2v) is 9.33. The summed E-state index contributed by atoms with van der Waals surface area (Å²) < 4.78 is 58.1. The summed E-state index contributed by atoms with van der Waals surface area (Å²) in [6.07, 6.45) is 0.605. The van der Waals surface area contributed by atoms with Gasteiger partial charge in [-0.2, -0.15) is 10.1 Å². The van der Waals surface area contributed by atoms with Gasteiger partial charge in [0.05, 0.1) is 30.2 Å². The number of hydrogen-bond donors (Lipinski definition) is 1. The minimum atomic E-state index is -2.87. The Kier molecular flexibility index (Phi) is 5.65. The third kappa shape index (κ3) is 3.88. The minimum absolute atomic E-state index is 0.0458. The topological polar surface area (TPSA) is 165 Å². The first-order valence-electron chi connectivity index (χ1n) is 9.96. The van der Waals surface area contributed by atoms with Crippen molar-refractivity contribution >= 4 is 45.1 Å². The third-order valence-corrected chi connectivity index (χ3v) is 7.28. The first kappa shape index (κ1) is 23.1. The van der Waals surface area contributed by atoms with Crippen molar-refractivity contribution in [2.24, 2.45) is 5.73 Å². The molecule has 0 saturated heterocycles. The molecule has 0 spiro atoms. The second kappa shape index (κ2) is 8.54. The summed E-state index contributed by atoms with van der Waals surface area (Å²) >= 11 is -2.23. The molecule has 1 unspecified atom stereocenters. The van der Waals surface area contributed by atoms with Crippen LogP contribution in [0.15, 0.2) is 30.6 Å². The van der Waals surface area contributed by atoms with Crippen LogP contribution in [0.25, 0.3) is 27.3 Å².